The number of primary amides is 1. The number of carbonyl (C=O) groups excluding carboxylic acids is 4. The highest BCUT2D eigenvalue weighted by Gasteiger charge is 2.21. The van der Waals surface area contributed by atoms with Crippen LogP contribution in [0.1, 0.15) is 61.3 Å². The second-order valence-corrected chi connectivity index (χ2v) is 9.75. The molecule has 13 nitrogen and oxygen atoms in total. The lowest BCUT2D eigenvalue weighted by Gasteiger charge is -2.24. The van der Waals surface area contributed by atoms with Gasteiger partial charge in [-0.2, -0.15) is 4.98 Å². The summed E-state index contributed by atoms with van der Waals surface area (Å²) >= 11 is 0. The van der Waals surface area contributed by atoms with Crippen LogP contribution in [0.2, 0.25) is 0 Å². The van der Waals surface area contributed by atoms with Crippen LogP contribution in [0.25, 0.3) is 0 Å². The molecule has 0 saturated heterocycles. The summed E-state index contributed by atoms with van der Waals surface area (Å²) in [4.78, 5) is 58.0. The lowest BCUT2D eigenvalue weighted by atomic mass is 10.2. The largest absolute Gasteiger partial charge is 0.444 e. The van der Waals surface area contributed by atoms with E-state index in [0.717, 1.165) is 6.42 Å². The maximum atomic E-state index is 12.8. The highest BCUT2D eigenvalue weighted by atomic mass is 16.6. The molecule has 0 aliphatic heterocycles. The SMILES string of the molecule is CCCNc1nc(Nc2ccc(C(N)=O)cc2)ncc1C(=O)NCCCNC(=O)CN(C)C(=O)OC(C)(C)C. The van der Waals surface area contributed by atoms with Crippen LogP contribution in [0.3, 0.4) is 0 Å². The normalized spacial score (nSPS) is 10.8. The Kier molecular flexibility index (Phi) is 11.5. The molecule has 0 bridgehead atoms. The molecule has 1 heterocycles. The van der Waals surface area contributed by atoms with Gasteiger partial charge in [-0.15, -0.1) is 0 Å². The molecule has 212 valence electrons. The minimum atomic E-state index is -0.645. The zero-order valence-electron chi connectivity index (χ0n) is 23.1. The van der Waals surface area contributed by atoms with Crippen molar-refractivity contribution in [1.82, 2.24) is 25.5 Å². The van der Waals surface area contributed by atoms with Crippen LogP contribution < -0.4 is 27.0 Å². The van der Waals surface area contributed by atoms with Crippen LogP contribution in [-0.2, 0) is 9.53 Å². The first-order chi connectivity index (χ1) is 18.4. The van der Waals surface area contributed by atoms with Crippen molar-refractivity contribution >= 4 is 41.3 Å². The maximum Gasteiger partial charge on any atom is 0.410 e. The van der Waals surface area contributed by atoms with Crippen molar-refractivity contribution in [3.63, 3.8) is 0 Å². The summed E-state index contributed by atoms with van der Waals surface area (Å²) in [5.41, 5.74) is 5.94. The molecule has 0 radical (unpaired) electrons. The van der Waals surface area contributed by atoms with E-state index in [1.807, 2.05) is 6.92 Å². The fourth-order valence-corrected chi connectivity index (χ4v) is 3.12. The fourth-order valence-electron chi connectivity index (χ4n) is 3.12. The highest BCUT2D eigenvalue weighted by molar-refractivity contribution is 5.98. The predicted molar refractivity (Wildman–Crippen MR) is 148 cm³/mol. The Hall–Kier alpha value is -4.42. The molecular weight excluding hydrogens is 504 g/mol. The van der Waals surface area contributed by atoms with Crippen LogP contribution in [0.4, 0.5) is 22.2 Å². The molecule has 0 aliphatic rings. The van der Waals surface area contributed by atoms with Gasteiger partial charge in [0, 0.05) is 44.1 Å². The van der Waals surface area contributed by atoms with E-state index in [-0.39, 0.29) is 29.9 Å². The van der Waals surface area contributed by atoms with Crippen molar-refractivity contribution < 1.29 is 23.9 Å². The Bertz CT molecular complexity index is 1150. The van der Waals surface area contributed by atoms with Crippen LogP contribution in [-0.4, -0.2) is 77.5 Å². The van der Waals surface area contributed by atoms with Crippen molar-refractivity contribution in [3.05, 3.63) is 41.6 Å². The number of hydrogen-bond acceptors (Lipinski definition) is 9. The molecular formula is C26H38N8O5. The van der Waals surface area contributed by atoms with Gasteiger partial charge < -0.3 is 36.6 Å². The van der Waals surface area contributed by atoms with E-state index in [1.165, 1.54) is 18.1 Å². The molecule has 13 heteroatoms. The van der Waals surface area contributed by atoms with Gasteiger partial charge in [0.05, 0.1) is 0 Å². The third-order valence-corrected chi connectivity index (χ3v) is 5.05. The number of rotatable bonds is 13. The Labute approximate surface area is 228 Å². The lowest BCUT2D eigenvalue weighted by Crippen LogP contribution is -2.41. The van der Waals surface area contributed by atoms with E-state index in [0.29, 0.717) is 43.1 Å². The van der Waals surface area contributed by atoms with Crippen molar-refractivity contribution in [3.8, 4) is 0 Å². The summed E-state index contributed by atoms with van der Waals surface area (Å²) < 4.78 is 5.22. The molecule has 2 aromatic rings. The average molecular weight is 543 g/mol. The quantitative estimate of drug-likeness (QED) is 0.237. The van der Waals surface area contributed by atoms with Gasteiger partial charge in [0.25, 0.3) is 5.91 Å². The number of amides is 4. The first kappa shape index (κ1) is 30.8. The first-order valence-electron chi connectivity index (χ1n) is 12.7. The Morgan fingerprint density at radius 3 is 2.31 bits per heavy atom. The van der Waals surface area contributed by atoms with Gasteiger partial charge in [-0.25, -0.2) is 9.78 Å². The van der Waals surface area contributed by atoms with Gasteiger partial charge in [-0.3, -0.25) is 14.4 Å². The van der Waals surface area contributed by atoms with Crippen LogP contribution in [0, 0.1) is 0 Å². The molecule has 1 aromatic carbocycles. The smallest absolute Gasteiger partial charge is 0.410 e. The molecule has 2 rings (SSSR count). The van der Waals surface area contributed by atoms with E-state index >= 15 is 0 Å². The fraction of sp³-hybridized carbons (Fsp3) is 0.462. The highest BCUT2D eigenvalue weighted by Crippen LogP contribution is 2.18. The summed E-state index contributed by atoms with van der Waals surface area (Å²) in [7, 11) is 1.49. The topological polar surface area (TPSA) is 181 Å². The standard InChI is InChI=1S/C26H38N8O5/c1-6-12-29-22-19(15-31-24(33-22)32-18-10-8-17(9-11-18)21(27)36)23(37)30-14-7-13-28-20(35)16-34(5)25(38)39-26(2,3)4/h8-11,15H,6-7,12-14,16H2,1-5H3,(H2,27,36)(H,28,35)(H,30,37)(H2,29,31,32,33). The zero-order valence-corrected chi connectivity index (χ0v) is 23.1. The number of nitrogens with one attached hydrogen (secondary N) is 4. The molecule has 1 aromatic heterocycles. The van der Waals surface area contributed by atoms with Gasteiger partial charge in [0.15, 0.2) is 0 Å². The molecule has 0 unspecified atom stereocenters. The van der Waals surface area contributed by atoms with E-state index < -0.39 is 17.6 Å². The van der Waals surface area contributed by atoms with Crippen LogP contribution >= 0.6 is 0 Å². The number of ether oxygens (including phenoxy) is 1. The first-order valence-corrected chi connectivity index (χ1v) is 12.7. The number of hydrogen-bond donors (Lipinski definition) is 5. The average Bonchev–Trinajstić information content (AvgIpc) is 2.86. The Balaban J connectivity index is 1.87. The number of nitrogens with two attached hydrogens (primary N) is 1. The molecule has 0 aliphatic carbocycles. The van der Waals surface area contributed by atoms with E-state index in [1.54, 1.807) is 45.0 Å². The van der Waals surface area contributed by atoms with Crippen LogP contribution in [0.5, 0.6) is 0 Å². The maximum absolute atomic E-state index is 12.8. The number of carbonyl (C=O) groups is 4. The second kappa shape index (κ2) is 14.5. The van der Waals surface area contributed by atoms with Gasteiger partial charge in [-0.1, -0.05) is 6.92 Å². The van der Waals surface area contributed by atoms with Gasteiger partial charge >= 0.3 is 6.09 Å². The van der Waals surface area contributed by atoms with Crippen molar-refractivity contribution in [2.24, 2.45) is 5.73 Å². The third-order valence-electron chi connectivity index (χ3n) is 5.05. The van der Waals surface area contributed by atoms with Crippen molar-refractivity contribution in [1.29, 1.82) is 0 Å². The molecule has 0 fully saturated rings. The molecule has 0 spiro atoms. The molecule has 39 heavy (non-hydrogen) atoms. The van der Waals surface area contributed by atoms with E-state index in [4.69, 9.17) is 10.5 Å². The Morgan fingerprint density at radius 1 is 1.03 bits per heavy atom. The number of likely N-dealkylation sites (N-methyl/N-ethyl adjacent to an activating group) is 1. The Morgan fingerprint density at radius 2 is 1.69 bits per heavy atom. The number of benzene rings is 1. The molecule has 6 N–H and O–H groups in total. The summed E-state index contributed by atoms with van der Waals surface area (Å²) in [6.45, 7) is 8.33. The van der Waals surface area contributed by atoms with Gasteiger partial charge in [0.2, 0.25) is 17.8 Å². The number of anilines is 3. The summed E-state index contributed by atoms with van der Waals surface area (Å²) in [6, 6.07) is 6.53. The minimum absolute atomic E-state index is 0.138. The monoisotopic (exact) mass is 542 g/mol. The van der Waals surface area contributed by atoms with Gasteiger partial charge in [-0.05, 0) is 57.9 Å². The second-order valence-electron chi connectivity index (χ2n) is 9.75. The third kappa shape index (κ3) is 10.8. The summed E-state index contributed by atoms with van der Waals surface area (Å²) in [5, 5.41) is 11.7. The number of nitrogens with zero attached hydrogens (tertiary/aromatic N) is 3. The van der Waals surface area contributed by atoms with Crippen molar-refractivity contribution in [2.45, 2.75) is 46.1 Å². The molecule has 0 saturated carbocycles. The van der Waals surface area contributed by atoms with Gasteiger partial charge in [0.1, 0.15) is 23.5 Å². The van der Waals surface area contributed by atoms with E-state index in [9.17, 15) is 19.2 Å². The van der Waals surface area contributed by atoms with Crippen LogP contribution in [0.15, 0.2) is 30.5 Å². The van der Waals surface area contributed by atoms with E-state index in [2.05, 4.69) is 31.2 Å². The zero-order chi connectivity index (χ0) is 29.0. The van der Waals surface area contributed by atoms with Crippen molar-refractivity contribution in [2.75, 3.05) is 43.9 Å². The molecule has 4 amide bonds. The minimum Gasteiger partial charge on any atom is -0.444 e. The number of aromatic nitrogens is 2. The molecule has 0 atom stereocenters. The summed E-state index contributed by atoms with van der Waals surface area (Å²) in [5.74, 6) is -0.564. The predicted octanol–water partition coefficient (Wildman–Crippen LogP) is 2.24. The lowest BCUT2D eigenvalue weighted by molar-refractivity contribution is -0.122. The summed E-state index contributed by atoms with van der Waals surface area (Å²) in [6.07, 6.45) is 2.15.